The first-order valence-corrected chi connectivity index (χ1v) is 6.99. The highest BCUT2D eigenvalue weighted by atomic mass is 35.5. The predicted molar refractivity (Wildman–Crippen MR) is 80.3 cm³/mol. The van der Waals surface area contributed by atoms with E-state index in [0.29, 0.717) is 5.02 Å². The standard InChI is InChI=1S/C16H13ClN2O/c1-9-6-11(17)8-13-15(9)20-16(19-13)14-7-10-4-2-3-5-12(10)18-14/h2-6,8,14,18H,7H2,1H3. The second kappa shape index (κ2) is 4.25. The molecule has 0 amide bonds. The minimum Gasteiger partial charge on any atom is -0.438 e. The highest BCUT2D eigenvalue weighted by molar-refractivity contribution is 6.31. The summed E-state index contributed by atoms with van der Waals surface area (Å²) in [7, 11) is 0. The van der Waals surface area contributed by atoms with Gasteiger partial charge in [0.15, 0.2) is 5.58 Å². The van der Waals surface area contributed by atoms with E-state index in [9.17, 15) is 0 Å². The highest BCUT2D eigenvalue weighted by Crippen LogP contribution is 2.35. The van der Waals surface area contributed by atoms with Gasteiger partial charge < -0.3 is 9.73 Å². The lowest BCUT2D eigenvalue weighted by atomic mass is 10.1. The topological polar surface area (TPSA) is 38.1 Å². The van der Waals surface area contributed by atoms with E-state index in [0.717, 1.165) is 34.7 Å². The highest BCUT2D eigenvalue weighted by Gasteiger charge is 2.26. The first kappa shape index (κ1) is 11.8. The average Bonchev–Trinajstić information content (AvgIpc) is 3.01. The van der Waals surface area contributed by atoms with Gasteiger partial charge in [0.2, 0.25) is 5.89 Å². The first-order valence-electron chi connectivity index (χ1n) is 6.62. The number of rotatable bonds is 1. The van der Waals surface area contributed by atoms with Crippen LogP contribution < -0.4 is 5.32 Å². The predicted octanol–water partition coefficient (Wildman–Crippen LogP) is 4.50. The van der Waals surface area contributed by atoms with Crippen LogP contribution in [0.1, 0.15) is 23.1 Å². The average molecular weight is 285 g/mol. The third-order valence-electron chi connectivity index (χ3n) is 3.73. The molecule has 4 heteroatoms. The largest absolute Gasteiger partial charge is 0.438 e. The third kappa shape index (κ3) is 1.78. The Labute approximate surface area is 121 Å². The van der Waals surface area contributed by atoms with Crippen molar-refractivity contribution in [1.29, 1.82) is 0 Å². The molecule has 0 bridgehead atoms. The number of anilines is 1. The number of benzene rings is 2. The van der Waals surface area contributed by atoms with Crippen LogP contribution in [0.5, 0.6) is 0 Å². The van der Waals surface area contributed by atoms with E-state index in [1.807, 2.05) is 25.1 Å². The summed E-state index contributed by atoms with van der Waals surface area (Å²) >= 11 is 6.07. The minimum atomic E-state index is 0.0953. The fraction of sp³-hybridized carbons (Fsp3) is 0.188. The van der Waals surface area contributed by atoms with Gasteiger partial charge >= 0.3 is 0 Å². The molecule has 3 aromatic rings. The lowest BCUT2D eigenvalue weighted by molar-refractivity contribution is 0.496. The van der Waals surface area contributed by atoms with E-state index >= 15 is 0 Å². The molecular formula is C16H13ClN2O. The van der Waals surface area contributed by atoms with Gasteiger partial charge in [-0.15, -0.1) is 0 Å². The SMILES string of the molecule is Cc1cc(Cl)cc2nc(C3Cc4ccccc4N3)oc12. The lowest BCUT2D eigenvalue weighted by Gasteiger charge is -2.05. The van der Waals surface area contributed by atoms with E-state index in [4.69, 9.17) is 16.0 Å². The van der Waals surface area contributed by atoms with Crippen LogP contribution in [-0.2, 0) is 6.42 Å². The molecule has 3 nitrogen and oxygen atoms in total. The number of oxazole rings is 1. The van der Waals surface area contributed by atoms with E-state index < -0.39 is 0 Å². The Bertz CT molecular complexity index is 784. The third-order valence-corrected chi connectivity index (χ3v) is 3.94. The monoisotopic (exact) mass is 284 g/mol. The van der Waals surface area contributed by atoms with Gasteiger partial charge in [-0.25, -0.2) is 4.98 Å². The first-order chi connectivity index (χ1) is 9.70. The summed E-state index contributed by atoms with van der Waals surface area (Å²) in [4.78, 5) is 4.59. The van der Waals surface area contributed by atoms with Crippen LogP contribution in [0.4, 0.5) is 5.69 Å². The Hall–Kier alpha value is -2.00. The van der Waals surface area contributed by atoms with Crippen LogP contribution in [0.2, 0.25) is 5.02 Å². The molecule has 4 rings (SSSR count). The second-order valence-corrected chi connectivity index (χ2v) is 5.62. The molecule has 0 saturated carbocycles. The lowest BCUT2D eigenvalue weighted by Crippen LogP contribution is -2.05. The number of halogens is 1. The fourth-order valence-corrected chi connectivity index (χ4v) is 3.04. The molecule has 1 aliphatic heterocycles. The van der Waals surface area contributed by atoms with Gasteiger partial charge in [0, 0.05) is 17.1 Å². The number of nitrogens with one attached hydrogen (secondary N) is 1. The normalized spacial score (nSPS) is 17.2. The van der Waals surface area contributed by atoms with Gasteiger partial charge in [-0.05, 0) is 36.2 Å². The van der Waals surface area contributed by atoms with Crippen molar-refractivity contribution in [3.05, 3.63) is 58.4 Å². The van der Waals surface area contributed by atoms with Crippen molar-refractivity contribution >= 4 is 28.4 Å². The molecule has 2 aromatic carbocycles. The fourth-order valence-electron chi connectivity index (χ4n) is 2.77. The summed E-state index contributed by atoms with van der Waals surface area (Å²) < 4.78 is 5.94. The maximum atomic E-state index is 6.07. The molecule has 2 heterocycles. The molecular weight excluding hydrogens is 272 g/mol. The number of aromatic nitrogens is 1. The molecule has 0 spiro atoms. The van der Waals surface area contributed by atoms with Crippen LogP contribution in [0.15, 0.2) is 40.8 Å². The van der Waals surface area contributed by atoms with Crippen LogP contribution in [-0.4, -0.2) is 4.98 Å². The number of hydrogen-bond acceptors (Lipinski definition) is 3. The Morgan fingerprint density at radius 1 is 1.30 bits per heavy atom. The summed E-state index contributed by atoms with van der Waals surface area (Å²) in [6.07, 6.45) is 0.899. The molecule has 1 aliphatic rings. The van der Waals surface area contributed by atoms with E-state index in [1.54, 1.807) is 0 Å². The van der Waals surface area contributed by atoms with Crippen molar-refractivity contribution in [3.8, 4) is 0 Å². The van der Waals surface area contributed by atoms with Gasteiger partial charge in [0.05, 0.1) is 0 Å². The molecule has 0 saturated heterocycles. The van der Waals surface area contributed by atoms with Crippen molar-refractivity contribution < 1.29 is 4.42 Å². The van der Waals surface area contributed by atoms with Crippen LogP contribution in [0.3, 0.4) is 0 Å². The quantitative estimate of drug-likeness (QED) is 0.715. The number of aryl methyl sites for hydroxylation is 1. The summed E-state index contributed by atoms with van der Waals surface area (Å²) in [5.74, 6) is 0.724. The molecule has 1 atom stereocenters. The van der Waals surface area contributed by atoms with Crippen LogP contribution >= 0.6 is 11.6 Å². The summed E-state index contributed by atoms with van der Waals surface area (Å²) in [5.41, 5.74) is 5.12. The van der Waals surface area contributed by atoms with Crippen LogP contribution in [0, 0.1) is 6.92 Å². The van der Waals surface area contributed by atoms with E-state index in [-0.39, 0.29) is 6.04 Å². The van der Waals surface area contributed by atoms with Gasteiger partial charge in [0.1, 0.15) is 11.6 Å². The Morgan fingerprint density at radius 2 is 2.15 bits per heavy atom. The number of fused-ring (bicyclic) bond motifs is 2. The maximum absolute atomic E-state index is 6.07. The zero-order chi connectivity index (χ0) is 13.7. The minimum absolute atomic E-state index is 0.0953. The molecule has 0 fully saturated rings. The number of nitrogens with zero attached hydrogens (tertiary/aromatic N) is 1. The van der Waals surface area contributed by atoms with Crippen molar-refractivity contribution in [1.82, 2.24) is 4.98 Å². The van der Waals surface area contributed by atoms with Gasteiger partial charge in [-0.3, -0.25) is 0 Å². The van der Waals surface area contributed by atoms with Crippen molar-refractivity contribution in [2.75, 3.05) is 5.32 Å². The molecule has 100 valence electrons. The molecule has 1 unspecified atom stereocenters. The van der Waals surface area contributed by atoms with Gasteiger partial charge in [-0.1, -0.05) is 29.8 Å². The summed E-state index contributed by atoms with van der Waals surface area (Å²) in [6, 6.07) is 12.1. The van der Waals surface area contributed by atoms with Gasteiger partial charge in [0.25, 0.3) is 0 Å². The Kier molecular flexibility index (Phi) is 2.51. The summed E-state index contributed by atoms with van der Waals surface area (Å²) in [6.45, 7) is 1.99. The Morgan fingerprint density at radius 3 is 3.00 bits per heavy atom. The van der Waals surface area contributed by atoms with Crippen molar-refractivity contribution in [3.63, 3.8) is 0 Å². The number of hydrogen-bond donors (Lipinski definition) is 1. The molecule has 1 aromatic heterocycles. The van der Waals surface area contributed by atoms with Gasteiger partial charge in [-0.2, -0.15) is 0 Å². The Balaban J connectivity index is 1.76. The van der Waals surface area contributed by atoms with E-state index in [2.05, 4.69) is 28.5 Å². The second-order valence-electron chi connectivity index (χ2n) is 5.18. The zero-order valence-electron chi connectivity index (χ0n) is 11.0. The van der Waals surface area contributed by atoms with Crippen molar-refractivity contribution in [2.24, 2.45) is 0 Å². The molecule has 0 radical (unpaired) electrons. The molecule has 0 aliphatic carbocycles. The molecule has 1 N–H and O–H groups in total. The smallest absolute Gasteiger partial charge is 0.218 e. The zero-order valence-corrected chi connectivity index (χ0v) is 11.7. The van der Waals surface area contributed by atoms with Crippen LogP contribution in [0.25, 0.3) is 11.1 Å². The number of para-hydroxylation sites is 1. The molecule has 20 heavy (non-hydrogen) atoms. The summed E-state index contributed by atoms with van der Waals surface area (Å²) in [5, 5.41) is 4.15. The van der Waals surface area contributed by atoms with Crippen molar-refractivity contribution in [2.45, 2.75) is 19.4 Å². The maximum Gasteiger partial charge on any atom is 0.218 e. The van der Waals surface area contributed by atoms with E-state index in [1.165, 1.54) is 5.56 Å².